The van der Waals surface area contributed by atoms with Gasteiger partial charge >= 0.3 is 24.2 Å². The summed E-state index contributed by atoms with van der Waals surface area (Å²) in [6.45, 7) is 16.5. The van der Waals surface area contributed by atoms with Gasteiger partial charge in [-0.15, -0.1) is 0 Å². The molecule has 5 amide bonds. The van der Waals surface area contributed by atoms with Crippen LogP contribution >= 0.6 is 0 Å². The minimum atomic E-state index is -1.54. The fraction of sp³-hybridized carbons (Fsp3) is 0.508. The van der Waals surface area contributed by atoms with Gasteiger partial charge in [0.2, 0.25) is 11.8 Å². The van der Waals surface area contributed by atoms with Crippen molar-refractivity contribution >= 4 is 47.6 Å². The van der Waals surface area contributed by atoms with E-state index in [4.69, 9.17) is 18.9 Å². The fourth-order valence-electron chi connectivity index (χ4n) is 9.77. The van der Waals surface area contributed by atoms with Gasteiger partial charge in [0.1, 0.15) is 30.0 Å². The largest absolute Gasteiger partial charge is 0.459 e. The van der Waals surface area contributed by atoms with Gasteiger partial charge in [-0.2, -0.15) is 0 Å². The third kappa shape index (κ3) is 22.8. The SMILES string of the molecule is CC(C)C[C@@H](NC(=O)[C@H](CC(=O)CN(C[C@H](C)c1ccccc1)C(=O)OC(C)(C)C)Cc1ccccc1)C(=O)C[C@H](CCCCNC(=O)OC(C)(C)C)C(=O)N1CCC(NC(=O)OCc2ccccc2)(C(=O)OCc2ccccc2)CC1. The van der Waals surface area contributed by atoms with Crippen molar-refractivity contribution in [1.82, 2.24) is 25.8 Å². The molecule has 5 rings (SSSR count). The van der Waals surface area contributed by atoms with E-state index >= 15 is 0 Å². The number of alkyl carbamates (subject to hydrolysis) is 2. The monoisotopic (exact) mass is 1130 g/mol. The number of rotatable bonds is 28. The van der Waals surface area contributed by atoms with E-state index in [-0.39, 0.29) is 120 Å². The van der Waals surface area contributed by atoms with E-state index < -0.39 is 64.8 Å². The van der Waals surface area contributed by atoms with E-state index in [1.807, 2.05) is 142 Å². The van der Waals surface area contributed by atoms with Crippen LogP contribution in [0.2, 0.25) is 0 Å². The first-order valence-electron chi connectivity index (χ1n) is 28.8. The lowest BCUT2D eigenvalue weighted by molar-refractivity contribution is -0.157. The minimum absolute atomic E-state index is 0.0115. The number of carbonyl (C=O) groups excluding carboxylic acids is 8. The number of nitrogens with zero attached hydrogens (tertiary/aromatic N) is 2. The van der Waals surface area contributed by atoms with Crippen molar-refractivity contribution in [3.05, 3.63) is 144 Å². The van der Waals surface area contributed by atoms with Crippen LogP contribution in [-0.2, 0) is 62.6 Å². The van der Waals surface area contributed by atoms with Crippen LogP contribution in [0, 0.1) is 17.8 Å². The van der Waals surface area contributed by atoms with Crippen LogP contribution in [0.5, 0.6) is 0 Å². The van der Waals surface area contributed by atoms with E-state index in [0.29, 0.717) is 12.8 Å². The Morgan fingerprint density at radius 2 is 1.17 bits per heavy atom. The summed E-state index contributed by atoms with van der Waals surface area (Å²) in [6, 6.07) is 36.1. The van der Waals surface area contributed by atoms with Crippen molar-refractivity contribution in [3.63, 3.8) is 0 Å². The smallest absolute Gasteiger partial charge is 0.410 e. The molecule has 4 aromatic carbocycles. The summed E-state index contributed by atoms with van der Waals surface area (Å²) in [5.74, 6) is -4.31. The number of carbonyl (C=O) groups is 8. The van der Waals surface area contributed by atoms with Crippen LogP contribution in [0.3, 0.4) is 0 Å². The minimum Gasteiger partial charge on any atom is -0.459 e. The molecule has 0 radical (unpaired) electrons. The second-order valence-electron chi connectivity index (χ2n) is 23.9. The summed E-state index contributed by atoms with van der Waals surface area (Å²) in [4.78, 5) is 115. The zero-order chi connectivity index (χ0) is 59.9. The molecule has 3 N–H and O–H groups in total. The lowest BCUT2D eigenvalue weighted by Crippen LogP contribution is -2.61. The molecule has 1 aliphatic rings. The molecular formula is C65H87N5O12. The quantitative estimate of drug-likeness (QED) is 0.0275. The highest BCUT2D eigenvalue weighted by atomic mass is 16.6. The van der Waals surface area contributed by atoms with E-state index in [2.05, 4.69) is 16.0 Å². The Balaban J connectivity index is 1.36. The van der Waals surface area contributed by atoms with Crippen LogP contribution in [0.15, 0.2) is 121 Å². The number of ketones is 2. The summed E-state index contributed by atoms with van der Waals surface area (Å²) < 4.78 is 22.5. The number of amides is 5. The van der Waals surface area contributed by atoms with Gasteiger partial charge in [-0.25, -0.2) is 19.2 Å². The standard InChI is InChI=1S/C65H87N5O12/c1-46(2)38-55(67-57(73)53(39-48-24-14-10-15-25-48)40-54(71)43-70(62(78)82-64(7,8)9)42-47(3)51-30-20-13-21-31-51)56(72)41-52(32-22-23-35-66-60(76)81-63(4,5)6)58(74)69-36-33-65(34-37-69,59(75)79-44-49-26-16-11-17-27-49)68-61(77)80-45-50-28-18-12-19-29-50/h10-21,24-31,46-47,52-53,55H,22-23,32-45H2,1-9H3,(H,66,76)(H,67,73)(H,68,77)/t47-,52-,53-,55+/m0/s1. The average Bonchev–Trinajstić information content (AvgIpc) is 3.35. The molecule has 0 saturated carbocycles. The number of benzene rings is 4. The zero-order valence-electron chi connectivity index (χ0n) is 49.5. The first-order chi connectivity index (χ1) is 38.9. The Hall–Kier alpha value is -7.56. The molecule has 0 aliphatic carbocycles. The van der Waals surface area contributed by atoms with Gasteiger partial charge < -0.3 is 44.7 Å². The molecule has 0 aromatic heterocycles. The lowest BCUT2D eigenvalue weighted by Gasteiger charge is -2.41. The maximum Gasteiger partial charge on any atom is 0.410 e. The molecule has 1 aliphatic heterocycles. The average molecular weight is 1130 g/mol. The highest BCUT2D eigenvalue weighted by molar-refractivity contribution is 5.95. The number of Topliss-reactive ketones (excluding diaryl/α,β-unsaturated/α-hetero) is 2. The highest BCUT2D eigenvalue weighted by Crippen LogP contribution is 2.29. The maximum absolute atomic E-state index is 14.9. The number of likely N-dealkylation sites (tertiary alicyclic amines) is 1. The summed E-state index contributed by atoms with van der Waals surface area (Å²) >= 11 is 0. The van der Waals surface area contributed by atoms with E-state index in [1.165, 1.54) is 4.90 Å². The number of hydrogen-bond donors (Lipinski definition) is 3. The Morgan fingerprint density at radius 1 is 0.634 bits per heavy atom. The zero-order valence-corrected chi connectivity index (χ0v) is 49.5. The van der Waals surface area contributed by atoms with Crippen molar-refractivity contribution in [3.8, 4) is 0 Å². The third-order valence-corrected chi connectivity index (χ3v) is 14.0. The molecule has 1 saturated heterocycles. The number of nitrogens with one attached hydrogen (secondary N) is 3. The van der Waals surface area contributed by atoms with Crippen LogP contribution in [-0.4, -0.2) is 113 Å². The molecular weight excluding hydrogens is 1040 g/mol. The van der Waals surface area contributed by atoms with Crippen LogP contribution < -0.4 is 16.0 Å². The molecule has 444 valence electrons. The maximum atomic E-state index is 14.9. The summed E-state index contributed by atoms with van der Waals surface area (Å²) in [5.41, 5.74) is 0.195. The van der Waals surface area contributed by atoms with Gasteiger partial charge in [0.25, 0.3) is 0 Å². The number of hydrogen-bond acceptors (Lipinski definition) is 12. The topological polar surface area (TPSA) is 216 Å². The molecule has 0 bridgehead atoms. The van der Waals surface area contributed by atoms with Crippen molar-refractivity contribution < 1.29 is 57.3 Å². The molecule has 4 atom stereocenters. The number of esters is 1. The highest BCUT2D eigenvalue weighted by Gasteiger charge is 2.46. The normalized spacial score (nSPS) is 14.7. The third-order valence-electron chi connectivity index (χ3n) is 14.0. The molecule has 0 unspecified atom stereocenters. The van der Waals surface area contributed by atoms with E-state index in [0.717, 1.165) is 22.3 Å². The molecule has 1 heterocycles. The summed E-state index contributed by atoms with van der Waals surface area (Å²) in [6.07, 6.45) is -1.01. The summed E-state index contributed by atoms with van der Waals surface area (Å²) in [7, 11) is 0. The number of ether oxygens (including phenoxy) is 4. The predicted octanol–water partition coefficient (Wildman–Crippen LogP) is 10.7. The van der Waals surface area contributed by atoms with Gasteiger partial charge in [0.15, 0.2) is 11.6 Å². The first kappa shape index (κ1) is 65.3. The van der Waals surface area contributed by atoms with Gasteiger partial charge in [-0.05, 0) is 114 Å². The first-order valence-corrected chi connectivity index (χ1v) is 28.8. The Kier molecular flexibility index (Phi) is 25.1. The van der Waals surface area contributed by atoms with Crippen molar-refractivity contribution in [2.24, 2.45) is 17.8 Å². The lowest BCUT2D eigenvalue weighted by atomic mass is 9.85. The fourth-order valence-corrected chi connectivity index (χ4v) is 9.77. The van der Waals surface area contributed by atoms with Gasteiger partial charge in [0, 0.05) is 50.9 Å². The number of piperidine rings is 1. The van der Waals surface area contributed by atoms with Crippen LogP contribution in [0.4, 0.5) is 14.4 Å². The molecule has 4 aromatic rings. The summed E-state index contributed by atoms with van der Waals surface area (Å²) in [5, 5.41) is 8.57. The molecule has 82 heavy (non-hydrogen) atoms. The van der Waals surface area contributed by atoms with Crippen LogP contribution in [0.25, 0.3) is 0 Å². The van der Waals surface area contributed by atoms with Gasteiger partial charge in [-0.1, -0.05) is 149 Å². The van der Waals surface area contributed by atoms with Gasteiger partial charge in [0.05, 0.1) is 12.6 Å². The molecule has 0 spiro atoms. The predicted molar refractivity (Wildman–Crippen MR) is 313 cm³/mol. The second kappa shape index (κ2) is 31.6. The Morgan fingerprint density at radius 3 is 1.72 bits per heavy atom. The second-order valence-corrected chi connectivity index (χ2v) is 23.9. The molecule has 17 heteroatoms. The van der Waals surface area contributed by atoms with E-state index in [9.17, 15) is 38.4 Å². The Labute approximate surface area is 484 Å². The van der Waals surface area contributed by atoms with Crippen LogP contribution in [0.1, 0.15) is 142 Å². The van der Waals surface area contributed by atoms with Crippen molar-refractivity contribution in [2.45, 2.75) is 162 Å². The number of unbranched alkanes of at least 4 members (excludes halogenated alkanes) is 1. The van der Waals surface area contributed by atoms with E-state index in [1.54, 1.807) is 46.4 Å². The Bertz CT molecular complexity index is 2680. The molecule has 17 nitrogen and oxygen atoms in total. The molecule has 1 fully saturated rings. The van der Waals surface area contributed by atoms with Crippen molar-refractivity contribution in [1.29, 1.82) is 0 Å². The van der Waals surface area contributed by atoms with Gasteiger partial charge in [-0.3, -0.25) is 19.2 Å². The van der Waals surface area contributed by atoms with Crippen molar-refractivity contribution in [2.75, 3.05) is 32.7 Å².